The molecule has 1 heterocycles. The van der Waals surface area contributed by atoms with Crippen molar-refractivity contribution in [3.63, 3.8) is 0 Å². The van der Waals surface area contributed by atoms with Crippen molar-refractivity contribution in [1.29, 1.82) is 0 Å². The van der Waals surface area contributed by atoms with Crippen molar-refractivity contribution in [1.82, 2.24) is 10.6 Å². The van der Waals surface area contributed by atoms with Gasteiger partial charge >= 0.3 is 0 Å². The predicted octanol–water partition coefficient (Wildman–Crippen LogP) is 3.52. The van der Waals surface area contributed by atoms with Gasteiger partial charge in [0.1, 0.15) is 5.84 Å². The first kappa shape index (κ1) is 14.9. The molecule has 1 aliphatic heterocycles. The number of amidine groups is 1. The lowest BCUT2D eigenvalue weighted by Gasteiger charge is -2.38. The quantitative estimate of drug-likeness (QED) is 0.877. The molecule has 2 aliphatic rings. The smallest absolute Gasteiger partial charge is 0.117 e. The highest BCUT2D eigenvalue weighted by molar-refractivity contribution is 6.30. The molecule has 0 unspecified atom stereocenters. The Hall–Kier alpha value is -1.06. The number of aliphatic imine (C=N–C) groups is 1. The molecule has 4 heteroatoms. The van der Waals surface area contributed by atoms with Crippen molar-refractivity contribution in [3.05, 3.63) is 34.9 Å². The fourth-order valence-corrected chi connectivity index (χ4v) is 3.54. The molecule has 0 atom stereocenters. The van der Waals surface area contributed by atoms with Gasteiger partial charge in [0.05, 0.1) is 5.54 Å². The molecule has 0 amide bonds. The van der Waals surface area contributed by atoms with E-state index in [2.05, 4.69) is 22.8 Å². The second-order valence-electron chi connectivity index (χ2n) is 6.13. The summed E-state index contributed by atoms with van der Waals surface area (Å²) in [5, 5.41) is 8.17. The summed E-state index contributed by atoms with van der Waals surface area (Å²) < 4.78 is 0. The van der Waals surface area contributed by atoms with Crippen LogP contribution >= 0.6 is 11.6 Å². The van der Waals surface area contributed by atoms with Crippen LogP contribution in [-0.2, 0) is 6.54 Å². The normalized spacial score (nSPS) is 21.7. The van der Waals surface area contributed by atoms with E-state index in [0.717, 1.165) is 31.1 Å². The molecule has 1 saturated carbocycles. The zero-order valence-corrected chi connectivity index (χ0v) is 13.3. The second-order valence-corrected chi connectivity index (χ2v) is 6.57. The average Bonchev–Trinajstić information content (AvgIpc) is 2.70. The van der Waals surface area contributed by atoms with Crippen LogP contribution in [0, 0.1) is 0 Å². The van der Waals surface area contributed by atoms with Crippen LogP contribution < -0.4 is 10.6 Å². The molecular formula is C17H24ClN3. The first-order valence-corrected chi connectivity index (χ1v) is 8.45. The number of hydrogen-bond donors (Lipinski definition) is 2. The summed E-state index contributed by atoms with van der Waals surface area (Å²) >= 11 is 5.94. The molecule has 1 fully saturated rings. The van der Waals surface area contributed by atoms with Crippen LogP contribution in [0.25, 0.3) is 0 Å². The number of nitrogens with one attached hydrogen (secondary N) is 2. The molecule has 1 aliphatic carbocycles. The molecule has 0 bridgehead atoms. The zero-order chi connectivity index (χ0) is 14.5. The molecule has 0 saturated heterocycles. The molecule has 3 rings (SSSR count). The number of hydrogen-bond acceptors (Lipinski definition) is 3. The Bertz CT molecular complexity index is 489. The third-order valence-electron chi connectivity index (χ3n) is 4.60. The van der Waals surface area contributed by atoms with Crippen LogP contribution in [0.15, 0.2) is 29.3 Å². The predicted molar refractivity (Wildman–Crippen MR) is 89.0 cm³/mol. The van der Waals surface area contributed by atoms with E-state index in [1.165, 1.54) is 43.5 Å². The van der Waals surface area contributed by atoms with E-state index in [0.29, 0.717) is 0 Å². The largest absolute Gasteiger partial charge is 0.368 e. The molecule has 114 valence electrons. The lowest BCUT2D eigenvalue weighted by atomic mass is 9.80. The fraction of sp³-hybridized carbons (Fsp3) is 0.588. The minimum absolute atomic E-state index is 0.0984. The van der Waals surface area contributed by atoms with E-state index in [1.807, 2.05) is 12.1 Å². The third-order valence-corrected chi connectivity index (χ3v) is 4.85. The Balaban J connectivity index is 1.71. The fourth-order valence-electron chi connectivity index (χ4n) is 3.41. The average molecular weight is 306 g/mol. The van der Waals surface area contributed by atoms with Crippen LogP contribution in [0.5, 0.6) is 0 Å². The summed E-state index contributed by atoms with van der Waals surface area (Å²) in [6, 6.07) is 8.05. The highest BCUT2D eigenvalue weighted by Gasteiger charge is 2.37. The molecule has 1 aromatic carbocycles. The lowest BCUT2D eigenvalue weighted by Crippen LogP contribution is -2.57. The molecule has 1 spiro atoms. The molecule has 0 aromatic heterocycles. The van der Waals surface area contributed by atoms with E-state index in [-0.39, 0.29) is 5.54 Å². The molecular weight excluding hydrogens is 282 g/mol. The van der Waals surface area contributed by atoms with Gasteiger partial charge in [-0.25, -0.2) is 0 Å². The molecule has 2 N–H and O–H groups in total. The van der Waals surface area contributed by atoms with Crippen molar-refractivity contribution in [2.45, 2.75) is 50.6 Å². The minimum atomic E-state index is 0.0984. The second kappa shape index (κ2) is 6.80. The standard InChI is InChI=1S/C17H24ClN3/c18-15-7-5-14(6-8-15)13-20-16-17(9-2-1-3-10-17)21-12-4-11-19-16/h5-8,21H,1-4,9-13H2,(H,19,20). The summed E-state index contributed by atoms with van der Waals surface area (Å²) in [5.41, 5.74) is 1.35. The first-order valence-electron chi connectivity index (χ1n) is 8.07. The summed E-state index contributed by atoms with van der Waals surface area (Å²) in [6.45, 7) is 2.83. The van der Waals surface area contributed by atoms with E-state index in [1.54, 1.807) is 0 Å². The SMILES string of the molecule is Clc1ccc(CNC2=NCCCNC23CCCCC3)cc1. The molecule has 21 heavy (non-hydrogen) atoms. The van der Waals surface area contributed by atoms with Gasteiger partial charge in [0.15, 0.2) is 0 Å². The van der Waals surface area contributed by atoms with E-state index in [4.69, 9.17) is 16.6 Å². The van der Waals surface area contributed by atoms with Crippen molar-refractivity contribution in [2.24, 2.45) is 4.99 Å². The van der Waals surface area contributed by atoms with Gasteiger partial charge in [-0.2, -0.15) is 0 Å². The van der Waals surface area contributed by atoms with Crippen LogP contribution in [0.2, 0.25) is 5.02 Å². The van der Waals surface area contributed by atoms with Crippen molar-refractivity contribution in [3.8, 4) is 0 Å². The van der Waals surface area contributed by atoms with Gasteiger partial charge < -0.3 is 10.6 Å². The number of halogens is 1. The molecule has 1 aromatic rings. The van der Waals surface area contributed by atoms with Gasteiger partial charge in [-0.05, 0) is 43.5 Å². The number of nitrogens with zero attached hydrogens (tertiary/aromatic N) is 1. The van der Waals surface area contributed by atoms with Crippen LogP contribution in [-0.4, -0.2) is 24.5 Å². The van der Waals surface area contributed by atoms with Crippen molar-refractivity contribution >= 4 is 17.4 Å². The van der Waals surface area contributed by atoms with Gasteiger partial charge in [0.2, 0.25) is 0 Å². The van der Waals surface area contributed by atoms with Gasteiger partial charge in [-0.1, -0.05) is 43.0 Å². The maximum Gasteiger partial charge on any atom is 0.117 e. The maximum absolute atomic E-state index is 5.94. The van der Waals surface area contributed by atoms with Gasteiger partial charge in [-0.15, -0.1) is 0 Å². The molecule has 3 nitrogen and oxygen atoms in total. The number of rotatable bonds is 2. The highest BCUT2D eigenvalue weighted by Crippen LogP contribution is 2.30. The Morgan fingerprint density at radius 2 is 1.86 bits per heavy atom. The third kappa shape index (κ3) is 3.58. The maximum atomic E-state index is 5.94. The van der Waals surface area contributed by atoms with Crippen molar-refractivity contribution in [2.75, 3.05) is 13.1 Å². The highest BCUT2D eigenvalue weighted by atomic mass is 35.5. The van der Waals surface area contributed by atoms with Gasteiger partial charge in [0.25, 0.3) is 0 Å². The Kier molecular flexibility index (Phi) is 4.81. The Labute approximate surface area is 132 Å². The molecule has 0 radical (unpaired) electrons. The Morgan fingerprint density at radius 1 is 1.10 bits per heavy atom. The van der Waals surface area contributed by atoms with Crippen LogP contribution in [0.3, 0.4) is 0 Å². The van der Waals surface area contributed by atoms with E-state index in [9.17, 15) is 0 Å². The first-order chi connectivity index (χ1) is 10.3. The van der Waals surface area contributed by atoms with Crippen LogP contribution in [0.1, 0.15) is 44.1 Å². The summed E-state index contributed by atoms with van der Waals surface area (Å²) in [7, 11) is 0. The summed E-state index contributed by atoms with van der Waals surface area (Å²) in [5.74, 6) is 1.18. The van der Waals surface area contributed by atoms with Gasteiger partial charge in [-0.3, -0.25) is 4.99 Å². The summed E-state index contributed by atoms with van der Waals surface area (Å²) in [6.07, 6.45) is 7.50. The monoisotopic (exact) mass is 305 g/mol. The zero-order valence-electron chi connectivity index (χ0n) is 12.5. The van der Waals surface area contributed by atoms with E-state index >= 15 is 0 Å². The minimum Gasteiger partial charge on any atom is -0.368 e. The summed E-state index contributed by atoms with van der Waals surface area (Å²) in [4.78, 5) is 4.85. The van der Waals surface area contributed by atoms with Crippen LogP contribution in [0.4, 0.5) is 0 Å². The lowest BCUT2D eigenvalue weighted by molar-refractivity contribution is 0.310. The van der Waals surface area contributed by atoms with Gasteiger partial charge in [0, 0.05) is 18.1 Å². The Morgan fingerprint density at radius 3 is 2.62 bits per heavy atom. The number of benzene rings is 1. The van der Waals surface area contributed by atoms with Crippen molar-refractivity contribution < 1.29 is 0 Å². The van der Waals surface area contributed by atoms with E-state index < -0.39 is 0 Å². The topological polar surface area (TPSA) is 36.4 Å².